The van der Waals surface area contributed by atoms with Crippen LogP contribution in [0.5, 0.6) is 0 Å². The molecule has 0 radical (unpaired) electrons. The largest absolute Gasteiger partial charge is 0.325 e. The summed E-state index contributed by atoms with van der Waals surface area (Å²) in [6.45, 7) is 9.54. The van der Waals surface area contributed by atoms with Crippen LogP contribution in [0.15, 0.2) is 43.6 Å². The molecule has 0 aliphatic rings. The molecule has 0 fully saturated rings. The van der Waals surface area contributed by atoms with Crippen molar-refractivity contribution in [1.82, 2.24) is 9.97 Å². The van der Waals surface area contributed by atoms with Crippen molar-refractivity contribution < 1.29 is 0 Å². The fourth-order valence-corrected chi connectivity index (χ4v) is 1.66. The summed E-state index contributed by atoms with van der Waals surface area (Å²) in [5, 5.41) is 3.19. The molecule has 90 valence electrons. The van der Waals surface area contributed by atoms with Gasteiger partial charge in [-0.15, -0.1) is 0 Å². The van der Waals surface area contributed by atoms with Gasteiger partial charge in [0.25, 0.3) is 0 Å². The van der Waals surface area contributed by atoms with Gasteiger partial charge in [0.15, 0.2) is 0 Å². The summed E-state index contributed by atoms with van der Waals surface area (Å²) in [6.07, 6.45) is 5.24. The van der Waals surface area contributed by atoms with Gasteiger partial charge in [0.2, 0.25) is 0 Å². The molecule has 0 aromatic carbocycles. The van der Waals surface area contributed by atoms with Crippen molar-refractivity contribution in [3.05, 3.63) is 60.4 Å². The highest BCUT2D eigenvalue weighted by molar-refractivity contribution is 5.66. The molecule has 2 heterocycles. The van der Waals surface area contributed by atoms with Crippen LogP contribution in [0.2, 0.25) is 0 Å². The summed E-state index contributed by atoms with van der Waals surface area (Å²) in [5.41, 5.74) is 2.84. The SMILES string of the molecule is C=Cc1cc(C)c(Nc2ccccn2)nc1C=C. The van der Waals surface area contributed by atoms with E-state index in [1.165, 1.54) is 0 Å². The second kappa shape index (κ2) is 5.27. The summed E-state index contributed by atoms with van der Waals surface area (Å²) in [6, 6.07) is 7.73. The van der Waals surface area contributed by atoms with Crippen LogP contribution in [0.3, 0.4) is 0 Å². The molecule has 2 aromatic rings. The molecule has 18 heavy (non-hydrogen) atoms. The quantitative estimate of drug-likeness (QED) is 0.878. The van der Waals surface area contributed by atoms with Crippen molar-refractivity contribution in [3.8, 4) is 0 Å². The van der Waals surface area contributed by atoms with Crippen molar-refractivity contribution >= 4 is 23.8 Å². The van der Waals surface area contributed by atoms with Crippen molar-refractivity contribution in [3.63, 3.8) is 0 Å². The molecule has 0 aliphatic heterocycles. The fraction of sp³-hybridized carbons (Fsp3) is 0.0667. The van der Waals surface area contributed by atoms with Gasteiger partial charge in [0.1, 0.15) is 11.6 Å². The van der Waals surface area contributed by atoms with Gasteiger partial charge in [-0.3, -0.25) is 0 Å². The number of hydrogen-bond donors (Lipinski definition) is 1. The van der Waals surface area contributed by atoms with E-state index in [-0.39, 0.29) is 0 Å². The highest BCUT2D eigenvalue weighted by Gasteiger charge is 2.05. The van der Waals surface area contributed by atoms with E-state index in [1.807, 2.05) is 31.2 Å². The van der Waals surface area contributed by atoms with E-state index >= 15 is 0 Å². The molecule has 0 unspecified atom stereocenters. The zero-order chi connectivity index (χ0) is 13.0. The van der Waals surface area contributed by atoms with Crippen LogP contribution in [0.4, 0.5) is 11.6 Å². The van der Waals surface area contributed by atoms with Gasteiger partial charge >= 0.3 is 0 Å². The Morgan fingerprint density at radius 2 is 2.06 bits per heavy atom. The Hall–Kier alpha value is -2.42. The fourth-order valence-electron chi connectivity index (χ4n) is 1.66. The average Bonchev–Trinajstić information content (AvgIpc) is 2.41. The third-order valence-electron chi connectivity index (χ3n) is 2.60. The van der Waals surface area contributed by atoms with Crippen molar-refractivity contribution in [1.29, 1.82) is 0 Å². The molecular formula is C15H15N3. The Balaban J connectivity index is 2.39. The lowest BCUT2D eigenvalue weighted by Gasteiger charge is -2.10. The summed E-state index contributed by atoms with van der Waals surface area (Å²) < 4.78 is 0. The maximum absolute atomic E-state index is 4.52. The zero-order valence-corrected chi connectivity index (χ0v) is 10.4. The lowest BCUT2D eigenvalue weighted by molar-refractivity contribution is 1.20. The van der Waals surface area contributed by atoms with E-state index in [0.29, 0.717) is 0 Å². The Bertz CT molecular complexity index is 574. The number of aryl methyl sites for hydroxylation is 1. The van der Waals surface area contributed by atoms with Crippen LogP contribution in [-0.2, 0) is 0 Å². The molecule has 2 aromatic heterocycles. The molecule has 0 saturated heterocycles. The maximum atomic E-state index is 4.52. The lowest BCUT2D eigenvalue weighted by atomic mass is 10.1. The molecule has 0 atom stereocenters. The summed E-state index contributed by atoms with van der Waals surface area (Å²) in [4.78, 5) is 8.73. The number of hydrogen-bond acceptors (Lipinski definition) is 3. The molecule has 0 bridgehead atoms. The first kappa shape index (κ1) is 12.0. The number of nitrogens with zero attached hydrogens (tertiary/aromatic N) is 2. The monoisotopic (exact) mass is 237 g/mol. The van der Waals surface area contributed by atoms with Crippen LogP contribution in [0, 0.1) is 6.92 Å². The van der Waals surface area contributed by atoms with E-state index in [9.17, 15) is 0 Å². The molecule has 2 rings (SSSR count). The number of anilines is 2. The van der Waals surface area contributed by atoms with Crippen molar-refractivity contribution in [2.45, 2.75) is 6.92 Å². The molecule has 3 heteroatoms. The van der Waals surface area contributed by atoms with Crippen molar-refractivity contribution in [2.75, 3.05) is 5.32 Å². The second-order valence-corrected chi connectivity index (χ2v) is 3.88. The van der Waals surface area contributed by atoms with Gasteiger partial charge < -0.3 is 5.32 Å². The van der Waals surface area contributed by atoms with E-state index < -0.39 is 0 Å². The third-order valence-corrected chi connectivity index (χ3v) is 2.60. The van der Waals surface area contributed by atoms with Crippen LogP contribution in [0.25, 0.3) is 12.2 Å². The predicted molar refractivity (Wildman–Crippen MR) is 76.7 cm³/mol. The van der Waals surface area contributed by atoms with E-state index in [2.05, 4.69) is 28.4 Å². The minimum atomic E-state index is 0.773. The van der Waals surface area contributed by atoms with Crippen LogP contribution < -0.4 is 5.32 Å². The molecule has 3 nitrogen and oxygen atoms in total. The smallest absolute Gasteiger partial charge is 0.135 e. The Morgan fingerprint density at radius 3 is 2.67 bits per heavy atom. The molecule has 1 N–H and O–H groups in total. The first-order chi connectivity index (χ1) is 8.74. The minimum Gasteiger partial charge on any atom is -0.325 e. The first-order valence-electron chi connectivity index (χ1n) is 5.69. The molecule has 0 aliphatic carbocycles. The van der Waals surface area contributed by atoms with Gasteiger partial charge in [-0.1, -0.05) is 25.3 Å². The summed E-state index contributed by atoms with van der Waals surface area (Å²) in [7, 11) is 0. The van der Waals surface area contributed by atoms with Gasteiger partial charge in [-0.2, -0.15) is 0 Å². The standard InChI is InChI=1S/C15H15N3/c1-4-12-10-11(3)15(17-13(12)5-2)18-14-8-6-7-9-16-14/h4-10H,1-2H2,3H3,(H,16,17,18). The van der Waals surface area contributed by atoms with E-state index in [4.69, 9.17) is 0 Å². The summed E-state index contributed by atoms with van der Waals surface area (Å²) >= 11 is 0. The number of rotatable bonds is 4. The predicted octanol–water partition coefficient (Wildman–Crippen LogP) is 3.81. The Labute approximate surface area is 107 Å². The van der Waals surface area contributed by atoms with Gasteiger partial charge in [0.05, 0.1) is 5.69 Å². The van der Waals surface area contributed by atoms with Crippen LogP contribution >= 0.6 is 0 Å². The van der Waals surface area contributed by atoms with Crippen LogP contribution in [-0.4, -0.2) is 9.97 Å². The number of pyridine rings is 2. The van der Waals surface area contributed by atoms with E-state index in [1.54, 1.807) is 18.3 Å². The molecule has 0 amide bonds. The Morgan fingerprint density at radius 1 is 1.22 bits per heavy atom. The number of aromatic nitrogens is 2. The maximum Gasteiger partial charge on any atom is 0.135 e. The molecule has 0 saturated carbocycles. The topological polar surface area (TPSA) is 37.8 Å². The lowest BCUT2D eigenvalue weighted by Crippen LogP contribution is -2.00. The normalized spacial score (nSPS) is 9.83. The zero-order valence-electron chi connectivity index (χ0n) is 10.4. The Kier molecular flexibility index (Phi) is 3.53. The summed E-state index contributed by atoms with van der Waals surface area (Å²) in [5.74, 6) is 1.56. The van der Waals surface area contributed by atoms with Gasteiger partial charge in [-0.05, 0) is 42.3 Å². The number of nitrogens with one attached hydrogen (secondary N) is 1. The van der Waals surface area contributed by atoms with Crippen molar-refractivity contribution in [2.24, 2.45) is 0 Å². The average molecular weight is 237 g/mol. The molecule has 0 spiro atoms. The third kappa shape index (κ3) is 2.46. The highest BCUT2D eigenvalue weighted by Crippen LogP contribution is 2.21. The van der Waals surface area contributed by atoms with Crippen LogP contribution in [0.1, 0.15) is 16.8 Å². The molecular weight excluding hydrogens is 222 g/mol. The minimum absolute atomic E-state index is 0.773. The van der Waals surface area contributed by atoms with E-state index in [0.717, 1.165) is 28.5 Å². The highest BCUT2D eigenvalue weighted by atomic mass is 15.1. The van der Waals surface area contributed by atoms with Gasteiger partial charge in [-0.25, -0.2) is 9.97 Å². The first-order valence-corrected chi connectivity index (χ1v) is 5.69. The van der Waals surface area contributed by atoms with Gasteiger partial charge in [0, 0.05) is 6.20 Å². The second-order valence-electron chi connectivity index (χ2n) is 3.88.